The first-order valence-electron chi connectivity index (χ1n) is 12.7. The fourth-order valence-corrected chi connectivity index (χ4v) is 5.41. The second-order valence-electron chi connectivity index (χ2n) is 9.22. The van der Waals surface area contributed by atoms with E-state index in [9.17, 15) is 13.0 Å². The van der Waals surface area contributed by atoms with Crippen LogP contribution in [0.1, 0.15) is 89.5 Å². The van der Waals surface area contributed by atoms with E-state index in [-0.39, 0.29) is 11.1 Å². The molecule has 182 valence electrons. The summed E-state index contributed by atoms with van der Waals surface area (Å²) in [5.74, 6) is 0. The Morgan fingerprint density at radius 1 is 0.818 bits per heavy atom. The summed E-state index contributed by atoms with van der Waals surface area (Å²) < 4.78 is 33.5. The van der Waals surface area contributed by atoms with Crippen LogP contribution in [0.25, 0.3) is 0 Å². The number of rotatable bonds is 15. The van der Waals surface area contributed by atoms with Gasteiger partial charge < -0.3 is 10.2 Å². The topological polar surface area (TPSA) is 69.6 Å². The third-order valence-electron chi connectivity index (χ3n) is 6.56. The minimum absolute atomic E-state index is 0.0154. The fourth-order valence-electron chi connectivity index (χ4n) is 4.74. The molecule has 2 aromatic rings. The number of benzene rings is 2. The summed E-state index contributed by atoms with van der Waals surface area (Å²) in [6.07, 6.45) is 15.3. The Morgan fingerprint density at radius 3 is 2.03 bits per heavy atom. The van der Waals surface area contributed by atoms with E-state index in [1.54, 1.807) is 6.07 Å². The van der Waals surface area contributed by atoms with E-state index in [0.717, 1.165) is 18.5 Å². The monoisotopic (exact) mass is 472 g/mol. The molecule has 1 aliphatic heterocycles. The molecular weight excluding hydrogens is 432 g/mol. The Labute approximate surface area is 200 Å². The second kappa shape index (κ2) is 13.0. The van der Waals surface area contributed by atoms with Crippen molar-refractivity contribution in [3.63, 3.8) is 0 Å². The number of para-hydroxylation sites is 1. The first-order valence-corrected chi connectivity index (χ1v) is 14.1. The van der Waals surface area contributed by atoms with Crippen molar-refractivity contribution in [2.45, 2.75) is 102 Å². The fraction of sp³-hybridized carbons (Fsp3) is 0.556. The van der Waals surface area contributed by atoms with Crippen molar-refractivity contribution >= 4 is 21.5 Å². The van der Waals surface area contributed by atoms with Gasteiger partial charge in [-0.05, 0) is 30.5 Å². The average molecular weight is 473 g/mol. The normalized spacial score (nSPS) is 15.5. The summed E-state index contributed by atoms with van der Waals surface area (Å²) in [7, 11) is -4.28. The van der Waals surface area contributed by atoms with E-state index in [1.807, 2.05) is 24.3 Å². The lowest BCUT2D eigenvalue weighted by Crippen LogP contribution is -2.35. The molecule has 0 saturated heterocycles. The molecule has 3 rings (SSSR count). The third-order valence-corrected chi connectivity index (χ3v) is 7.45. The zero-order valence-electron chi connectivity index (χ0n) is 20.0. The summed E-state index contributed by atoms with van der Waals surface area (Å²) in [5, 5.41) is 3.40. The molecule has 1 unspecified atom stereocenters. The van der Waals surface area contributed by atoms with Gasteiger partial charge in [-0.3, -0.25) is 4.55 Å². The van der Waals surface area contributed by atoms with E-state index in [2.05, 4.69) is 29.3 Å². The first-order chi connectivity index (χ1) is 16.0. The van der Waals surface area contributed by atoms with Gasteiger partial charge in [0.15, 0.2) is 0 Å². The Hall–Kier alpha value is -2.05. The van der Waals surface area contributed by atoms with Gasteiger partial charge in [-0.2, -0.15) is 8.42 Å². The van der Waals surface area contributed by atoms with Gasteiger partial charge in [0.05, 0.1) is 17.5 Å². The highest BCUT2D eigenvalue weighted by molar-refractivity contribution is 7.86. The molecule has 0 spiro atoms. The molecular formula is C27H40N2O3S. The van der Waals surface area contributed by atoms with Crippen molar-refractivity contribution in [3.05, 3.63) is 54.1 Å². The molecule has 0 aromatic heterocycles. The van der Waals surface area contributed by atoms with Crippen LogP contribution in [-0.4, -0.2) is 19.1 Å². The Kier molecular flexibility index (Phi) is 10.1. The van der Waals surface area contributed by atoms with Crippen LogP contribution in [0.5, 0.6) is 0 Å². The number of unbranched alkanes of at least 4 members (excludes halogenated alkanes) is 10. The van der Waals surface area contributed by atoms with Gasteiger partial charge in [-0.15, -0.1) is 0 Å². The standard InChI is InChI=1S/C27H40N2O3S/c1-2-3-4-5-6-7-8-9-10-11-15-21-26-28-27-24(19-16-20-25(27)33(30,31)32)29(26)22-23-17-13-12-14-18-23/h12-14,16-20,26,28H,2-11,15,21-22H2,1H3,(H,30,31,32). The molecule has 2 aromatic carbocycles. The SMILES string of the molecule is CCCCCCCCCCCCCC1Nc2c(cccc2S(=O)(=O)O)N1Cc1ccccc1. The zero-order chi connectivity index (χ0) is 23.5. The first kappa shape index (κ1) is 25.6. The maximum atomic E-state index is 11.9. The van der Waals surface area contributed by atoms with Crippen molar-refractivity contribution in [2.24, 2.45) is 0 Å². The van der Waals surface area contributed by atoms with Crippen molar-refractivity contribution in [2.75, 3.05) is 10.2 Å². The molecule has 33 heavy (non-hydrogen) atoms. The predicted molar refractivity (Wildman–Crippen MR) is 137 cm³/mol. The van der Waals surface area contributed by atoms with Crippen LogP contribution in [0.2, 0.25) is 0 Å². The summed E-state index contributed by atoms with van der Waals surface area (Å²) in [6, 6.07) is 15.3. The Morgan fingerprint density at radius 2 is 1.42 bits per heavy atom. The number of nitrogens with zero attached hydrogens (tertiary/aromatic N) is 1. The maximum Gasteiger partial charge on any atom is 0.296 e. The lowest BCUT2D eigenvalue weighted by Gasteiger charge is -2.27. The summed E-state index contributed by atoms with van der Waals surface area (Å²) in [5.41, 5.74) is 2.53. The van der Waals surface area contributed by atoms with Crippen molar-refractivity contribution in [1.82, 2.24) is 0 Å². The van der Waals surface area contributed by atoms with E-state index in [1.165, 1.54) is 75.8 Å². The molecule has 1 heterocycles. The quantitative estimate of drug-likeness (QED) is 0.209. The molecule has 1 atom stereocenters. The van der Waals surface area contributed by atoms with Gasteiger partial charge in [0.1, 0.15) is 4.90 Å². The van der Waals surface area contributed by atoms with Crippen molar-refractivity contribution < 1.29 is 13.0 Å². The number of hydrogen-bond donors (Lipinski definition) is 2. The number of nitrogens with one attached hydrogen (secondary N) is 1. The van der Waals surface area contributed by atoms with Crippen LogP contribution < -0.4 is 10.2 Å². The Balaban J connectivity index is 1.52. The van der Waals surface area contributed by atoms with Gasteiger partial charge in [0, 0.05) is 6.54 Å². The number of anilines is 2. The molecule has 6 heteroatoms. The smallest absolute Gasteiger partial charge is 0.296 e. The zero-order valence-corrected chi connectivity index (χ0v) is 20.8. The summed E-state index contributed by atoms with van der Waals surface area (Å²) in [6.45, 7) is 2.95. The van der Waals surface area contributed by atoms with Crippen LogP contribution in [0.3, 0.4) is 0 Å². The highest BCUT2D eigenvalue weighted by Crippen LogP contribution is 2.41. The molecule has 0 amide bonds. The number of hydrogen-bond acceptors (Lipinski definition) is 4. The van der Waals surface area contributed by atoms with Gasteiger partial charge in [0.25, 0.3) is 10.1 Å². The van der Waals surface area contributed by atoms with Crippen LogP contribution in [-0.2, 0) is 16.7 Å². The van der Waals surface area contributed by atoms with Gasteiger partial charge >= 0.3 is 0 Å². The van der Waals surface area contributed by atoms with E-state index in [0.29, 0.717) is 12.2 Å². The molecule has 0 radical (unpaired) electrons. The highest BCUT2D eigenvalue weighted by Gasteiger charge is 2.32. The van der Waals surface area contributed by atoms with Crippen LogP contribution in [0.4, 0.5) is 11.4 Å². The third kappa shape index (κ3) is 7.75. The summed E-state index contributed by atoms with van der Waals surface area (Å²) >= 11 is 0. The van der Waals surface area contributed by atoms with Gasteiger partial charge in [-0.1, -0.05) is 108 Å². The molecule has 2 N–H and O–H groups in total. The van der Waals surface area contributed by atoms with Gasteiger partial charge in [-0.25, -0.2) is 0 Å². The second-order valence-corrected chi connectivity index (χ2v) is 10.6. The van der Waals surface area contributed by atoms with Crippen LogP contribution in [0, 0.1) is 0 Å². The molecule has 0 aliphatic carbocycles. The number of fused-ring (bicyclic) bond motifs is 1. The largest absolute Gasteiger partial charge is 0.362 e. The predicted octanol–water partition coefficient (Wildman–Crippen LogP) is 7.39. The Bertz CT molecular complexity index is 947. The maximum absolute atomic E-state index is 11.9. The van der Waals surface area contributed by atoms with E-state index < -0.39 is 10.1 Å². The lowest BCUT2D eigenvalue weighted by atomic mass is 10.0. The van der Waals surface area contributed by atoms with Crippen molar-refractivity contribution in [1.29, 1.82) is 0 Å². The molecule has 1 aliphatic rings. The molecule has 0 saturated carbocycles. The summed E-state index contributed by atoms with van der Waals surface area (Å²) in [4.78, 5) is 2.19. The highest BCUT2D eigenvalue weighted by atomic mass is 32.2. The minimum atomic E-state index is -4.28. The van der Waals surface area contributed by atoms with E-state index >= 15 is 0 Å². The van der Waals surface area contributed by atoms with E-state index in [4.69, 9.17) is 0 Å². The molecule has 5 nitrogen and oxygen atoms in total. The van der Waals surface area contributed by atoms with Crippen molar-refractivity contribution in [3.8, 4) is 0 Å². The van der Waals surface area contributed by atoms with Crippen LogP contribution >= 0.6 is 0 Å². The van der Waals surface area contributed by atoms with Crippen LogP contribution in [0.15, 0.2) is 53.4 Å². The van der Waals surface area contributed by atoms with Gasteiger partial charge in [0.2, 0.25) is 0 Å². The average Bonchev–Trinajstić information content (AvgIpc) is 3.14. The minimum Gasteiger partial charge on any atom is -0.362 e. The lowest BCUT2D eigenvalue weighted by molar-refractivity contribution is 0.483. The molecule has 0 fully saturated rings. The molecule has 0 bridgehead atoms.